The predicted octanol–water partition coefficient (Wildman–Crippen LogP) is 7.35. The van der Waals surface area contributed by atoms with E-state index in [1.165, 1.54) is 16.5 Å². The van der Waals surface area contributed by atoms with Gasteiger partial charge in [0.1, 0.15) is 0 Å². The topological polar surface area (TPSA) is 58.3 Å². The van der Waals surface area contributed by atoms with Gasteiger partial charge in [0.15, 0.2) is 0 Å². The highest BCUT2D eigenvalue weighted by molar-refractivity contribution is 7.99. The van der Waals surface area contributed by atoms with Crippen molar-refractivity contribution in [2.75, 3.05) is 32.7 Å². The molecule has 2 aromatic heterocycles. The van der Waals surface area contributed by atoms with E-state index in [-0.39, 0.29) is 6.10 Å². The van der Waals surface area contributed by atoms with Crippen LogP contribution < -0.4 is 10.6 Å². The SMILES string of the molecule is CCC(OC)C(CNCOCc1cc2cc(C)cc(NC)c2[nH]1)SCc1ccccc1.Sc1cccs1. The first-order valence-corrected chi connectivity index (χ1v) is 14.9. The van der Waals surface area contributed by atoms with Crippen molar-refractivity contribution >= 4 is 52.3 Å². The Balaban J connectivity index is 0.000000555. The first kappa shape index (κ1) is 29.6. The Bertz CT molecular complexity index is 1160. The molecule has 0 aliphatic rings. The molecule has 5 nitrogen and oxygen atoms in total. The lowest BCUT2D eigenvalue weighted by Gasteiger charge is -2.25. The van der Waals surface area contributed by atoms with E-state index in [1.54, 1.807) is 18.4 Å². The van der Waals surface area contributed by atoms with Crippen molar-refractivity contribution in [3.63, 3.8) is 0 Å². The van der Waals surface area contributed by atoms with E-state index in [4.69, 9.17) is 9.47 Å². The first-order valence-electron chi connectivity index (χ1n) is 12.5. The van der Waals surface area contributed by atoms with E-state index in [9.17, 15) is 0 Å². The van der Waals surface area contributed by atoms with Crippen LogP contribution in [-0.4, -0.2) is 43.8 Å². The minimum Gasteiger partial charge on any atom is -0.386 e. The molecule has 2 aromatic carbocycles. The molecule has 0 aliphatic carbocycles. The number of thiophene rings is 1. The number of hydrogen-bond donors (Lipinski definition) is 4. The Morgan fingerprint density at radius 3 is 2.54 bits per heavy atom. The number of H-pyrrole nitrogens is 1. The third kappa shape index (κ3) is 9.71. The number of benzene rings is 2. The van der Waals surface area contributed by atoms with Gasteiger partial charge in [-0.2, -0.15) is 0 Å². The van der Waals surface area contributed by atoms with Crippen LogP contribution in [0.25, 0.3) is 10.9 Å². The molecule has 0 radical (unpaired) electrons. The molecule has 0 saturated carbocycles. The molecular weight excluding hydrogens is 519 g/mol. The molecule has 4 aromatic rings. The van der Waals surface area contributed by atoms with Gasteiger partial charge in [0.25, 0.3) is 0 Å². The third-order valence-corrected chi connectivity index (χ3v) is 8.47. The van der Waals surface area contributed by atoms with Gasteiger partial charge in [-0.1, -0.05) is 43.3 Å². The maximum absolute atomic E-state index is 5.90. The standard InChI is InChI=1S/C25H35N3O2S.C4H4S2/c1-5-23(29-4)24(31-16-19-9-7-6-8-10-19)14-27-17-30-15-21-13-20-11-18(2)12-22(26-3)25(20)28-21;5-4-2-1-3-6-4/h6-13,23-24,26-28H,5,14-17H2,1-4H3;1-3,5H. The quantitative estimate of drug-likeness (QED) is 0.0787. The van der Waals surface area contributed by atoms with Crippen molar-refractivity contribution in [3.05, 3.63) is 82.9 Å². The largest absolute Gasteiger partial charge is 0.386 e. The summed E-state index contributed by atoms with van der Waals surface area (Å²) in [6.07, 6.45) is 1.21. The summed E-state index contributed by atoms with van der Waals surface area (Å²) in [4.78, 5) is 3.48. The third-order valence-electron chi connectivity index (χ3n) is 5.94. The van der Waals surface area contributed by atoms with Gasteiger partial charge >= 0.3 is 0 Å². The summed E-state index contributed by atoms with van der Waals surface area (Å²) in [6, 6.07) is 21.1. The van der Waals surface area contributed by atoms with E-state index < -0.39 is 0 Å². The minimum absolute atomic E-state index is 0.220. The summed E-state index contributed by atoms with van der Waals surface area (Å²) < 4.78 is 12.7. The maximum atomic E-state index is 5.90. The average molecular weight is 558 g/mol. The molecular formula is C29H39N3O2S3. The molecule has 2 heterocycles. The van der Waals surface area contributed by atoms with Gasteiger partial charge in [-0.15, -0.1) is 35.7 Å². The number of aromatic amines is 1. The summed E-state index contributed by atoms with van der Waals surface area (Å²) in [5.41, 5.74) is 5.91. The smallest absolute Gasteiger partial charge is 0.0971 e. The van der Waals surface area contributed by atoms with Crippen LogP contribution in [0.4, 0.5) is 5.69 Å². The first-order chi connectivity index (χ1) is 18.0. The lowest BCUT2D eigenvalue weighted by Crippen LogP contribution is -2.36. The highest BCUT2D eigenvalue weighted by atomic mass is 32.2. The number of hydrogen-bond acceptors (Lipinski definition) is 7. The van der Waals surface area contributed by atoms with Crippen molar-refractivity contribution in [1.82, 2.24) is 10.3 Å². The lowest BCUT2D eigenvalue weighted by atomic mass is 10.1. The fraction of sp³-hybridized carbons (Fsp3) is 0.379. The second-order valence-electron chi connectivity index (χ2n) is 8.74. The molecule has 0 fully saturated rings. The lowest BCUT2D eigenvalue weighted by molar-refractivity contribution is 0.0813. The van der Waals surface area contributed by atoms with Gasteiger partial charge in [0.05, 0.1) is 34.9 Å². The number of aromatic nitrogens is 1. The molecule has 0 saturated heterocycles. The summed E-state index contributed by atoms with van der Waals surface area (Å²) in [5.74, 6) is 0.982. The van der Waals surface area contributed by atoms with Gasteiger partial charge < -0.3 is 19.8 Å². The number of aryl methyl sites for hydroxylation is 1. The zero-order chi connectivity index (χ0) is 26.5. The molecule has 0 aliphatic heterocycles. The van der Waals surface area contributed by atoms with Crippen LogP contribution in [-0.2, 0) is 21.8 Å². The number of anilines is 1. The second kappa shape index (κ2) is 16.1. The van der Waals surface area contributed by atoms with Gasteiger partial charge in [-0.05, 0) is 54.1 Å². The van der Waals surface area contributed by atoms with Gasteiger partial charge in [-0.25, -0.2) is 0 Å². The zero-order valence-electron chi connectivity index (χ0n) is 22.1. The minimum atomic E-state index is 0.220. The fourth-order valence-corrected chi connectivity index (χ4v) is 6.16. The molecule has 2 unspecified atom stereocenters. The van der Waals surface area contributed by atoms with E-state index in [1.807, 2.05) is 36.3 Å². The molecule has 2 atom stereocenters. The molecule has 0 spiro atoms. The van der Waals surface area contributed by atoms with E-state index in [0.717, 1.165) is 39.8 Å². The van der Waals surface area contributed by atoms with E-state index >= 15 is 0 Å². The van der Waals surface area contributed by atoms with Crippen LogP contribution in [0.1, 0.15) is 30.2 Å². The number of rotatable bonds is 13. The number of thioether (sulfide) groups is 1. The summed E-state index contributed by atoms with van der Waals surface area (Å²) in [7, 11) is 3.75. The molecule has 4 rings (SSSR count). The van der Waals surface area contributed by atoms with Crippen LogP contribution in [0.15, 0.2) is 70.3 Å². The summed E-state index contributed by atoms with van der Waals surface area (Å²) >= 11 is 7.63. The highest BCUT2D eigenvalue weighted by Crippen LogP contribution is 2.26. The zero-order valence-corrected chi connectivity index (χ0v) is 24.6. The second-order valence-corrected chi connectivity index (χ2v) is 11.7. The number of thiol groups is 1. The Morgan fingerprint density at radius 1 is 1.11 bits per heavy atom. The van der Waals surface area contributed by atoms with Crippen molar-refractivity contribution in [1.29, 1.82) is 0 Å². The van der Waals surface area contributed by atoms with E-state index in [2.05, 4.69) is 90.6 Å². The number of ether oxygens (including phenoxy) is 2. The molecule has 37 heavy (non-hydrogen) atoms. The van der Waals surface area contributed by atoms with Crippen molar-refractivity contribution < 1.29 is 9.47 Å². The van der Waals surface area contributed by atoms with Crippen LogP contribution >= 0.6 is 35.7 Å². The van der Waals surface area contributed by atoms with Crippen LogP contribution in [0.2, 0.25) is 0 Å². The Labute approximate surface area is 235 Å². The van der Waals surface area contributed by atoms with Gasteiger partial charge in [0.2, 0.25) is 0 Å². The van der Waals surface area contributed by atoms with Gasteiger partial charge in [-0.3, -0.25) is 5.32 Å². The van der Waals surface area contributed by atoms with E-state index in [0.29, 0.717) is 18.6 Å². The molecule has 0 bridgehead atoms. The summed E-state index contributed by atoms with van der Waals surface area (Å²) in [6.45, 7) is 6.20. The Hall–Kier alpha value is -1.94. The van der Waals surface area contributed by atoms with Gasteiger partial charge in [0, 0.05) is 42.8 Å². The fourth-order valence-electron chi connectivity index (χ4n) is 4.09. The monoisotopic (exact) mass is 557 g/mol. The van der Waals surface area contributed by atoms with Crippen LogP contribution in [0.3, 0.4) is 0 Å². The number of methoxy groups -OCH3 is 1. The van der Waals surface area contributed by atoms with Crippen LogP contribution in [0.5, 0.6) is 0 Å². The van der Waals surface area contributed by atoms with Crippen molar-refractivity contribution in [2.24, 2.45) is 0 Å². The number of fused-ring (bicyclic) bond motifs is 1. The Kier molecular flexibility index (Phi) is 12.9. The molecule has 3 N–H and O–H groups in total. The molecule has 8 heteroatoms. The highest BCUT2D eigenvalue weighted by Gasteiger charge is 2.20. The summed E-state index contributed by atoms with van der Waals surface area (Å²) in [5, 5.41) is 10.3. The Morgan fingerprint density at radius 2 is 1.92 bits per heavy atom. The molecule has 0 amide bonds. The predicted molar refractivity (Wildman–Crippen MR) is 164 cm³/mol. The van der Waals surface area contributed by atoms with Crippen molar-refractivity contribution in [2.45, 2.75) is 48.2 Å². The molecule has 200 valence electrons. The average Bonchev–Trinajstić information content (AvgIpc) is 3.56. The van der Waals surface area contributed by atoms with Crippen molar-refractivity contribution in [3.8, 4) is 0 Å². The normalized spacial score (nSPS) is 12.7. The number of nitrogens with one attached hydrogen (secondary N) is 3. The maximum Gasteiger partial charge on any atom is 0.0971 e. The van der Waals surface area contributed by atoms with Crippen LogP contribution in [0, 0.1) is 6.92 Å².